The number of nitrogens with one attached hydrogen (secondary N) is 3. The monoisotopic (exact) mass is 367 g/mol. The van der Waals surface area contributed by atoms with E-state index in [4.69, 9.17) is 9.47 Å². The number of ether oxygens (including phenoxy) is 2. The molecule has 142 valence electrons. The maximum absolute atomic E-state index is 5.69. The number of benzene rings is 2. The Bertz CT molecular complexity index is 840. The molecular formula is C20H25N5O2. The molecule has 0 saturated heterocycles. The second kappa shape index (κ2) is 9.47. The number of nitrogens with zero attached hydrogens (tertiary/aromatic N) is 2. The third-order valence-corrected chi connectivity index (χ3v) is 4.04. The van der Waals surface area contributed by atoms with Crippen LogP contribution in [-0.2, 0) is 6.42 Å². The van der Waals surface area contributed by atoms with E-state index in [2.05, 4.69) is 25.6 Å². The van der Waals surface area contributed by atoms with Crippen molar-refractivity contribution < 1.29 is 9.47 Å². The summed E-state index contributed by atoms with van der Waals surface area (Å²) in [7, 11) is 3.40. The molecule has 0 bridgehead atoms. The highest BCUT2D eigenvalue weighted by Gasteiger charge is 2.03. The van der Waals surface area contributed by atoms with Crippen LogP contribution in [0.15, 0.2) is 53.5 Å². The number of aromatic nitrogens is 2. The fourth-order valence-electron chi connectivity index (χ4n) is 2.65. The van der Waals surface area contributed by atoms with Gasteiger partial charge in [0.25, 0.3) is 0 Å². The summed E-state index contributed by atoms with van der Waals surface area (Å²) < 4.78 is 10.8. The molecule has 0 aliphatic carbocycles. The first kappa shape index (κ1) is 18.6. The number of guanidine groups is 1. The molecular weight excluding hydrogens is 342 g/mol. The van der Waals surface area contributed by atoms with Gasteiger partial charge >= 0.3 is 0 Å². The van der Waals surface area contributed by atoms with E-state index in [0.29, 0.717) is 13.2 Å². The first-order valence-corrected chi connectivity index (χ1v) is 8.93. The van der Waals surface area contributed by atoms with Crippen molar-refractivity contribution >= 4 is 17.0 Å². The maximum Gasteiger partial charge on any atom is 0.191 e. The van der Waals surface area contributed by atoms with Crippen molar-refractivity contribution in [1.29, 1.82) is 0 Å². The Labute approximate surface area is 158 Å². The molecule has 0 atom stereocenters. The lowest BCUT2D eigenvalue weighted by atomic mass is 10.3. The largest absolute Gasteiger partial charge is 0.497 e. The van der Waals surface area contributed by atoms with Crippen LogP contribution in [0.3, 0.4) is 0 Å². The predicted molar refractivity (Wildman–Crippen MR) is 108 cm³/mol. The van der Waals surface area contributed by atoms with Crippen LogP contribution < -0.4 is 20.1 Å². The van der Waals surface area contributed by atoms with Gasteiger partial charge in [0.05, 0.1) is 24.7 Å². The van der Waals surface area contributed by atoms with Crippen LogP contribution in [0.1, 0.15) is 5.82 Å². The molecule has 7 nitrogen and oxygen atoms in total. The van der Waals surface area contributed by atoms with Gasteiger partial charge in [-0.25, -0.2) is 4.98 Å². The van der Waals surface area contributed by atoms with E-state index in [-0.39, 0.29) is 0 Å². The predicted octanol–water partition coefficient (Wildman–Crippen LogP) is 2.36. The number of aliphatic imine (C=N–C) groups is 1. The highest BCUT2D eigenvalue weighted by atomic mass is 16.5. The quantitative estimate of drug-likeness (QED) is 0.323. The Kier molecular flexibility index (Phi) is 6.51. The molecule has 2 aromatic carbocycles. The Morgan fingerprint density at radius 3 is 2.52 bits per heavy atom. The first-order chi connectivity index (χ1) is 13.3. The molecule has 0 radical (unpaired) electrons. The van der Waals surface area contributed by atoms with E-state index in [9.17, 15) is 0 Å². The lowest BCUT2D eigenvalue weighted by molar-refractivity contribution is 0.321. The smallest absolute Gasteiger partial charge is 0.191 e. The average molecular weight is 367 g/mol. The van der Waals surface area contributed by atoms with Crippen molar-refractivity contribution in [3.8, 4) is 11.5 Å². The van der Waals surface area contributed by atoms with Crippen molar-refractivity contribution in [1.82, 2.24) is 20.6 Å². The summed E-state index contributed by atoms with van der Waals surface area (Å²) in [6.45, 7) is 1.92. The summed E-state index contributed by atoms with van der Waals surface area (Å²) in [6.07, 6.45) is 0.789. The Balaban J connectivity index is 1.36. The van der Waals surface area contributed by atoms with Crippen molar-refractivity contribution in [2.45, 2.75) is 6.42 Å². The van der Waals surface area contributed by atoms with Gasteiger partial charge in [-0.1, -0.05) is 12.1 Å². The number of hydrogen-bond donors (Lipinski definition) is 3. The van der Waals surface area contributed by atoms with Crippen molar-refractivity contribution in [2.24, 2.45) is 4.99 Å². The summed E-state index contributed by atoms with van der Waals surface area (Å²) in [6, 6.07) is 15.6. The Hall–Kier alpha value is -3.22. The second-order valence-electron chi connectivity index (χ2n) is 5.90. The van der Waals surface area contributed by atoms with E-state index in [1.165, 1.54) is 0 Å². The molecule has 0 spiro atoms. The minimum Gasteiger partial charge on any atom is -0.497 e. The van der Waals surface area contributed by atoms with E-state index in [1.807, 2.05) is 48.5 Å². The zero-order valence-electron chi connectivity index (χ0n) is 15.7. The van der Waals surface area contributed by atoms with Crippen LogP contribution in [0.4, 0.5) is 0 Å². The van der Waals surface area contributed by atoms with Crippen LogP contribution in [-0.4, -0.2) is 49.8 Å². The summed E-state index contributed by atoms with van der Waals surface area (Å²) in [4.78, 5) is 12.1. The van der Waals surface area contributed by atoms with Gasteiger partial charge in [-0.15, -0.1) is 0 Å². The molecule has 1 heterocycles. The van der Waals surface area contributed by atoms with Gasteiger partial charge in [0.1, 0.15) is 23.9 Å². The minimum atomic E-state index is 0.538. The number of aromatic amines is 1. The van der Waals surface area contributed by atoms with E-state index in [0.717, 1.165) is 47.3 Å². The molecule has 0 aliphatic rings. The molecule has 0 unspecified atom stereocenters. The zero-order valence-corrected chi connectivity index (χ0v) is 15.7. The van der Waals surface area contributed by atoms with Crippen LogP contribution >= 0.6 is 0 Å². The Morgan fingerprint density at radius 2 is 1.78 bits per heavy atom. The van der Waals surface area contributed by atoms with Gasteiger partial charge < -0.3 is 25.1 Å². The fourth-order valence-corrected chi connectivity index (χ4v) is 2.65. The van der Waals surface area contributed by atoms with Gasteiger partial charge in [-0.3, -0.25) is 4.99 Å². The van der Waals surface area contributed by atoms with E-state index in [1.54, 1.807) is 14.2 Å². The number of hydrogen-bond acceptors (Lipinski definition) is 4. The van der Waals surface area contributed by atoms with Crippen LogP contribution in [0, 0.1) is 0 Å². The van der Waals surface area contributed by atoms with E-state index >= 15 is 0 Å². The topological polar surface area (TPSA) is 83.6 Å². The van der Waals surface area contributed by atoms with E-state index < -0.39 is 0 Å². The SMILES string of the molecule is CN=C(NCCOc1ccc(OC)cc1)NCCc1nc2ccccc2[nH]1. The molecule has 7 heteroatoms. The number of rotatable bonds is 8. The van der Waals surface area contributed by atoms with Crippen LogP contribution in [0.25, 0.3) is 11.0 Å². The molecule has 1 aromatic heterocycles. The second-order valence-corrected chi connectivity index (χ2v) is 5.90. The molecule has 3 rings (SSSR count). The fraction of sp³-hybridized carbons (Fsp3) is 0.300. The highest BCUT2D eigenvalue weighted by molar-refractivity contribution is 5.79. The van der Waals surface area contributed by atoms with Crippen molar-refractivity contribution in [3.63, 3.8) is 0 Å². The molecule has 0 fully saturated rings. The van der Waals surface area contributed by atoms with Gasteiger partial charge in [0.2, 0.25) is 0 Å². The number of imidazole rings is 1. The normalized spacial score (nSPS) is 11.4. The number of fused-ring (bicyclic) bond motifs is 1. The summed E-state index contributed by atoms with van der Waals surface area (Å²) in [5.41, 5.74) is 2.05. The molecule has 3 N–H and O–H groups in total. The molecule has 3 aromatic rings. The summed E-state index contributed by atoms with van der Waals surface area (Å²) in [5.74, 6) is 3.33. The molecule has 0 saturated carbocycles. The number of methoxy groups -OCH3 is 1. The van der Waals surface area contributed by atoms with Crippen LogP contribution in [0.2, 0.25) is 0 Å². The zero-order chi connectivity index (χ0) is 18.9. The molecule has 0 amide bonds. The van der Waals surface area contributed by atoms with Gasteiger partial charge in [-0.05, 0) is 36.4 Å². The van der Waals surface area contributed by atoms with Crippen LogP contribution in [0.5, 0.6) is 11.5 Å². The summed E-state index contributed by atoms with van der Waals surface area (Å²) >= 11 is 0. The summed E-state index contributed by atoms with van der Waals surface area (Å²) in [5, 5.41) is 6.52. The number of H-pyrrole nitrogens is 1. The Morgan fingerprint density at radius 1 is 1.04 bits per heavy atom. The first-order valence-electron chi connectivity index (χ1n) is 8.93. The highest BCUT2D eigenvalue weighted by Crippen LogP contribution is 2.16. The lowest BCUT2D eigenvalue weighted by Gasteiger charge is -2.12. The third-order valence-electron chi connectivity index (χ3n) is 4.04. The van der Waals surface area contributed by atoms with Gasteiger partial charge in [0.15, 0.2) is 5.96 Å². The van der Waals surface area contributed by atoms with Gasteiger partial charge in [-0.2, -0.15) is 0 Å². The third kappa shape index (κ3) is 5.37. The standard InChI is InChI=1S/C20H25N5O2/c1-21-20(23-13-14-27-16-9-7-15(26-2)8-10-16)22-12-11-19-24-17-5-3-4-6-18(17)25-19/h3-10H,11-14H2,1-2H3,(H,24,25)(H2,21,22,23). The van der Waals surface area contributed by atoms with Crippen molar-refractivity contribution in [3.05, 3.63) is 54.4 Å². The van der Waals surface area contributed by atoms with Gasteiger partial charge in [0, 0.05) is 20.0 Å². The average Bonchev–Trinajstić information content (AvgIpc) is 3.13. The molecule has 0 aliphatic heterocycles. The van der Waals surface area contributed by atoms with Crippen molar-refractivity contribution in [2.75, 3.05) is 33.9 Å². The minimum absolute atomic E-state index is 0.538. The molecule has 27 heavy (non-hydrogen) atoms. The number of para-hydroxylation sites is 2. The lowest BCUT2D eigenvalue weighted by Crippen LogP contribution is -2.40. The maximum atomic E-state index is 5.69.